The maximum atomic E-state index is 12.8. The predicted octanol–water partition coefficient (Wildman–Crippen LogP) is 3.72. The van der Waals surface area contributed by atoms with Crippen LogP contribution in [0.15, 0.2) is 70.7 Å². The number of thioether (sulfide) groups is 1. The van der Waals surface area contributed by atoms with Gasteiger partial charge in [-0.25, -0.2) is 4.68 Å². The number of nitrogens with zero attached hydrogens (tertiary/aromatic N) is 4. The van der Waals surface area contributed by atoms with Gasteiger partial charge < -0.3 is 15.4 Å². The Morgan fingerprint density at radius 3 is 2.63 bits per heavy atom. The highest BCUT2D eigenvalue weighted by Crippen LogP contribution is 2.35. The Kier molecular flexibility index (Phi) is 6.41. The fourth-order valence-electron chi connectivity index (χ4n) is 4.23. The Labute approximate surface area is 207 Å². The second-order valence-corrected chi connectivity index (χ2v) is 9.43. The number of aliphatic imine (C=N–C) groups is 1. The van der Waals surface area contributed by atoms with Crippen LogP contribution in [-0.4, -0.2) is 51.9 Å². The Hall–Kier alpha value is -3.85. The van der Waals surface area contributed by atoms with Crippen LogP contribution in [0.5, 0.6) is 5.75 Å². The molecule has 0 saturated carbocycles. The van der Waals surface area contributed by atoms with E-state index in [-0.39, 0.29) is 17.7 Å². The molecule has 2 aliphatic rings. The van der Waals surface area contributed by atoms with Gasteiger partial charge in [0.1, 0.15) is 11.4 Å². The second-order valence-electron chi connectivity index (χ2n) is 8.42. The van der Waals surface area contributed by atoms with E-state index in [9.17, 15) is 9.59 Å². The third-order valence-corrected chi connectivity index (χ3v) is 7.21. The number of amides is 2. The summed E-state index contributed by atoms with van der Waals surface area (Å²) in [6.45, 7) is 1.31. The molecule has 3 aromatic rings. The van der Waals surface area contributed by atoms with E-state index in [0.717, 1.165) is 28.3 Å². The molecule has 1 saturated heterocycles. The lowest BCUT2D eigenvalue weighted by Gasteiger charge is -2.31. The van der Waals surface area contributed by atoms with Crippen molar-refractivity contribution in [1.82, 2.24) is 14.7 Å². The molecule has 178 valence electrons. The van der Waals surface area contributed by atoms with Crippen molar-refractivity contribution in [3.05, 3.63) is 71.3 Å². The minimum atomic E-state index is -0.272. The van der Waals surface area contributed by atoms with Crippen LogP contribution >= 0.6 is 11.8 Å². The van der Waals surface area contributed by atoms with Crippen LogP contribution in [0.2, 0.25) is 0 Å². The summed E-state index contributed by atoms with van der Waals surface area (Å²) in [7, 11) is 1.63. The number of carbonyl (C=O) groups is 2. The van der Waals surface area contributed by atoms with Crippen LogP contribution in [0.3, 0.4) is 0 Å². The van der Waals surface area contributed by atoms with Crippen LogP contribution in [0.25, 0.3) is 23.0 Å². The van der Waals surface area contributed by atoms with E-state index in [1.165, 1.54) is 11.8 Å². The van der Waals surface area contributed by atoms with Crippen molar-refractivity contribution in [1.29, 1.82) is 0 Å². The number of aromatic nitrogens is 2. The van der Waals surface area contributed by atoms with Crippen LogP contribution in [-0.2, 0) is 9.59 Å². The number of hydrogen-bond acceptors (Lipinski definition) is 6. The molecule has 5 rings (SSSR count). The number of amidine groups is 1. The minimum Gasteiger partial charge on any atom is -0.497 e. The second kappa shape index (κ2) is 9.79. The first-order chi connectivity index (χ1) is 17.0. The molecular weight excluding hydrogens is 462 g/mol. The predicted molar refractivity (Wildman–Crippen MR) is 137 cm³/mol. The average molecular weight is 488 g/mol. The number of carbonyl (C=O) groups excluding carboxylic acids is 2. The highest BCUT2D eigenvalue weighted by molar-refractivity contribution is 8.18. The molecule has 2 N–H and O–H groups in total. The highest BCUT2D eigenvalue weighted by Gasteiger charge is 2.31. The van der Waals surface area contributed by atoms with Gasteiger partial charge in [-0.15, -0.1) is 0 Å². The molecule has 8 nitrogen and oxygen atoms in total. The Balaban J connectivity index is 1.45. The van der Waals surface area contributed by atoms with E-state index in [2.05, 4.69) is 9.89 Å². The largest absolute Gasteiger partial charge is 0.497 e. The van der Waals surface area contributed by atoms with E-state index in [4.69, 9.17) is 15.6 Å². The fraction of sp³-hybridized carbons (Fsp3) is 0.231. The van der Waals surface area contributed by atoms with Gasteiger partial charge in [-0.05, 0) is 54.9 Å². The molecule has 0 unspecified atom stereocenters. The number of benzene rings is 2. The number of primary amides is 1. The lowest BCUT2D eigenvalue weighted by atomic mass is 9.97. The molecule has 0 aliphatic carbocycles. The van der Waals surface area contributed by atoms with Gasteiger partial charge in [0.05, 0.1) is 17.7 Å². The lowest BCUT2D eigenvalue weighted by Crippen LogP contribution is -2.40. The molecule has 0 atom stereocenters. The summed E-state index contributed by atoms with van der Waals surface area (Å²) in [5.41, 5.74) is 8.80. The van der Waals surface area contributed by atoms with Gasteiger partial charge in [0.15, 0.2) is 5.17 Å². The van der Waals surface area contributed by atoms with E-state index in [1.54, 1.807) is 7.11 Å². The number of methoxy groups -OCH3 is 1. The maximum absolute atomic E-state index is 12.8. The smallest absolute Gasteiger partial charge is 0.286 e. The van der Waals surface area contributed by atoms with Gasteiger partial charge >= 0.3 is 0 Å². The molecule has 9 heteroatoms. The fourth-order valence-corrected chi connectivity index (χ4v) is 5.19. The highest BCUT2D eigenvalue weighted by atomic mass is 32.2. The first-order valence-electron chi connectivity index (χ1n) is 11.4. The molecule has 1 aromatic heterocycles. The van der Waals surface area contributed by atoms with E-state index in [1.807, 2.05) is 71.6 Å². The van der Waals surface area contributed by atoms with Gasteiger partial charge in [0.25, 0.3) is 5.91 Å². The number of likely N-dealkylation sites (tertiary alicyclic amines) is 1. The third-order valence-electron chi connectivity index (χ3n) is 6.17. The Bertz CT molecular complexity index is 1320. The van der Waals surface area contributed by atoms with Crippen molar-refractivity contribution >= 4 is 34.8 Å². The van der Waals surface area contributed by atoms with Gasteiger partial charge in [0, 0.05) is 36.3 Å². The van der Waals surface area contributed by atoms with Crippen molar-refractivity contribution in [3.8, 4) is 22.7 Å². The van der Waals surface area contributed by atoms with E-state index >= 15 is 0 Å². The first kappa shape index (κ1) is 22.9. The van der Waals surface area contributed by atoms with E-state index < -0.39 is 0 Å². The topological polar surface area (TPSA) is 103 Å². The number of nitrogens with two attached hydrogens (primary N) is 1. The van der Waals surface area contributed by atoms with Crippen molar-refractivity contribution in [3.63, 3.8) is 0 Å². The monoisotopic (exact) mass is 487 g/mol. The maximum Gasteiger partial charge on any atom is 0.286 e. The van der Waals surface area contributed by atoms with Gasteiger partial charge in [-0.3, -0.25) is 9.59 Å². The standard InChI is InChI=1S/C26H25N5O3S/c1-34-21-9-5-6-18(14-21)23-19(16-31(29-23)20-7-3-2-4-8-20)15-22-25(33)28-26(35-22)30-12-10-17(11-13-30)24(27)32/h2-9,14-17H,10-13H2,1H3,(H2,27,32). The van der Waals surface area contributed by atoms with Gasteiger partial charge in [-0.2, -0.15) is 10.1 Å². The molecule has 3 heterocycles. The van der Waals surface area contributed by atoms with Gasteiger partial charge in [-0.1, -0.05) is 30.3 Å². The Morgan fingerprint density at radius 1 is 1.14 bits per heavy atom. The van der Waals surface area contributed by atoms with Crippen molar-refractivity contribution in [2.24, 2.45) is 16.6 Å². The molecule has 2 aromatic carbocycles. The molecule has 1 fully saturated rings. The van der Waals surface area contributed by atoms with Crippen molar-refractivity contribution < 1.29 is 14.3 Å². The number of para-hydroxylation sites is 1. The summed E-state index contributed by atoms with van der Waals surface area (Å²) in [6, 6.07) is 17.5. The molecular formula is C26H25N5O3S. The molecule has 2 amide bonds. The van der Waals surface area contributed by atoms with Crippen LogP contribution in [0.1, 0.15) is 18.4 Å². The summed E-state index contributed by atoms with van der Waals surface area (Å²) >= 11 is 1.36. The molecule has 0 bridgehead atoms. The Morgan fingerprint density at radius 2 is 1.91 bits per heavy atom. The summed E-state index contributed by atoms with van der Waals surface area (Å²) in [6.07, 6.45) is 5.11. The lowest BCUT2D eigenvalue weighted by molar-refractivity contribution is -0.123. The van der Waals surface area contributed by atoms with Gasteiger partial charge in [0.2, 0.25) is 5.91 Å². The first-order valence-corrected chi connectivity index (χ1v) is 12.2. The minimum absolute atomic E-state index is 0.113. The summed E-state index contributed by atoms with van der Waals surface area (Å²) in [5.74, 6) is 0.0822. The van der Waals surface area contributed by atoms with Crippen LogP contribution < -0.4 is 10.5 Å². The third kappa shape index (κ3) is 4.85. The zero-order valence-corrected chi connectivity index (χ0v) is 20.1. The number of ether oxygens (including phenoxy) is 1. The zero-order chi connectivity index (χ0) is 24.4. The molecule has 0 radical (unpaired) electrons. The van der Waals surface area contributed by atoms with E-state index in [0.29, 0.717) is 36.0 Å². The molecule has 35 heavy (non-hydrogen) atoms. The van der Waals surface area contributed by atoms with Crippen LogP contribution in [0.4, 0.5) is 0 Å². The normalized spacial score (nSPS) is 17.6. The quantitative estimate of drug-likeness (QED) is 0.551. The summed E-state index contributed by atoms with van der Waals surface area (Å²) < 4.78 is 7.21. The number of rotatable bonds is 5. The summed E-state index contributed by atoms with van der Waals surface area (Å²) in [5, 5.41) is 5.50. The molecule has 2 aliphatic heterocycles. The number of hydrogen-bond donors (Lipinski definition) is 1. The molecule has 0 spiro atoms. The van der Waals surface area contributed by atoms with Crippen molar-refractivity contribution in [2.45, 2.75) is 12.8 Å². The van der Waals surface area contributed by atoms with Crippen molar-refractivity contribution in [2.75, 3.05) is 20.2 Å². The van der Waals surface area contributed by atoms with Crippen LogP contribution in [0, 0.1) is 5.92 Å². The summed E-state index contributed by atoms with van der Waals surface area (Å²) in [4.78, 5) is 31.2. The SMILES string of the molecule is COc1cccc(-c2nn(-c3ccccc3)cc2C=C2SC(N3CCC(C(N)=O)CC3)=NC2=O)c1. The number of piperidine rings is 1. The average Bonchev–Trinajstić information content (AvgIpc) is 3.48. The zero-order valence-electron chi connectivity index (χ0n) is 19.3.